The van der Waals surface area contributed by atoms with Gasteiger partial charge in [-0.3, -0.25) is 0 Å². The molecule has 0 aromatic heterocycles. The molecule has 0 saturated carbocycles. The van der Waals surface area contributed by atoms with E-state index in [-0.39, 0.29) is 11.6 Å². The van der Waals surface area contributed by atoms with E-state index in [1.807, 2.05) is 38.4 Å². The number of rotatable bonds is 3. The van der Waals surface area contributed by atoms with Crippen LogP contribution in [0.25, 0.3) is 0 Å². The lowest BCUT2D eigenvalue weighted by molar-refractivity contribution is 0.159. The molecule has 0 aliphatic rings. The van der Waals surface area contributed by atoms with Crippen LogP contribution in [0.15, 0.2) is 24.3 Å². The summed E-state index contributed by atoms with van der Waals surface area (Å²) in [6.45, 7) is 4.26. The Bertz CT molecular complexity index is 317. The summed E-state index contributed by atoms with van der Waals surface area (Å²) in [6.07, 6.45) is 0. The molecular weight excluding hydrogens is 208 g/mol. The fourth-order valence-electron chi connectivity index (χ4n) is 1.36. The summed E-state index contributed by atoms with van der Waals surface area (Å²) in [6, 6.07) is 7.70. The van der Waals surface area contributed by atoms with Gasteiger partial charge in [0, 0.05) is 16.6 Å². The van der Waals surface area contributed by atoms with Gasteiger partial charge in [0.25, 0.3) is 0 Å². The Morgan fingerprint density at radius 2 is 1.67 bits per heavy atom. The van der Waals surface area contributed by atoms with Crippen LogP contribution in [0.5, 0.6) is 0 Å². The van der Waals surface area contributed by atoms with Crippen LogP contribution in [0.1, 0.15) is 25.5 Å². The molecule has 15 heavy (non-hydrogen) atoms. The predicted molar refractivity (Wildman–Crippen MR) is 66.1 cm³/mol. The van der Waals surface area contributed by atoms with Crippen molar-refractivity contribution in [2.45, 2.75) is 25.4 Å². The van der Waals surface area contributed by atoms with Crippen molar-refractivity contribution in [1.29, 1.82) is 0 Å². The van der Waals surface area contributed by atoms with Crippen molar-refractivity contribution in [1.82, 2.24) is 4.90 Å². The van der Waals surface area contributed by atoms with Crippen LogP contribution < -0.4 is 5.73 Å². The molecular formula is C12H19ClN2. The monoisotopic (exact) mass is 226 g/mol. The molecule has 0 amide bonds. The van der Waals surface area contributed by atoms with E-state index >= 15 is 0 Å². The van der Waals surface area contributed by atoms with Crippen molar-refractivity contribution in [3.8, 4) is 0 Å². The number of benzene rings is 1. The van der Waals surface area contributed by atoms with Crippen LogP contribution in [-0.4, -0.2) is 24.5 Å². The smallest absolute Gasteiger partial charge is 0.0476 e. The second kappa shape index (κ2) is 4.52. The quantitative estimate of drug-likeness (QED) is 0.859. The summed E-state index contributed by atoms with van der Waals surface area (Å²) < 4.78 is 0. The maximum atomic E-state index is 6.24. The van der Waals surface area contributed by atoms with E-state index in [2.05, 4.69) is 18.7 Å². The molecule has 0 radical (unpaired) electrons. The van der Waals surface area contributed by atoms with Crippen LogP contribution in [0.2, 0.25) is 5.02 Å². The summed E-state index contributed by atoms with van der Waals surface area (Å²) in [5, 5.41) is 0.744. The fraction of sp³-hybridized carbons (Fsp3) is 0.500. The van der Waals surface area contributed by atoms with Gasteiger partial charge in [-0.15, -0.1) is 0 Å². The Morgan fingerprint density at radius 3 is 2.07 bits per heavy atom. The molecule has 1 atom stereocenters. The summed E-state index contributed by atoms with van der Waals surface area (Å²) in [4.78, 5) is 2.13. The summed E-state index contributed by atoms with van der Waals surface area (Å²) >= 11 is 5.84. The highest BCUT2D eigenvalue weighted by molar-refractivity contribution is 6.30. The molecule has 1 aromatic rings. The summed E-state index contributed by atoms with van der Waals surface area (Å²) in [5.41, 5.74) is 7.27. The third kappa shape index (κ3) is 2.71. The predicted octanol–water partition coefficient (Wildman–Crippen LogP) is 2.68. The van der Waals surface area contributed by atoms with E-state index in [4.69, 9.17) is 17.3 Å². The van der Waals surface area contributed by atoms with Crippen molar-refractivity contribution >= 4 is 11.6 Å². The minimum atomic E-state index is -0.0756. The maximum Gasteiger partial charge on any atom is 0.0476 e. The van der Waals surface area contributed by atoms with Gasteiger partial charge >= 0.3 is 0 Å². The molecule has 1 unspecified atom stereocenters. The molecule has 1 aromatic carbocycles. The first kappa shape index (κ1) is 12.5. The van der Waals surface area contributed by atoms with Gasteiger partial charge in [0.1, 0.15) is 0 Å². The lowest BCUT2D eigenvalue weighted by atomic mass is 9.88. The van der Waals surface area contributed by atoms with Gasteiger partial charge in [0.15, 0.2) is 0 Å². The third-order valence-corrected chi connectivity index (χ3v) is 3.39. The first-order valence-corrected chi connectivity index (χ1v) is 5.42. The third-order valence-electron chi connectivity index (χ3n) is 3.14. The Morgan fingerprint density at radius 1 is 1.20 bits per heavy atom. The normalized spacial score (nSPS) is 14.3. The first-order chi connectivity index (χ1) is 6.85. The molecule has 2 N–H and O–H groups in total. The maximum absolute atomic E-state index is 6.24. The van der Waals surface area contributed by atoms with Crippen LogP contribution >= 0.6 is 11.6 Å². The van der Waals surface area contributed by atoms with E-state index < -0.39 is 0 Å². The van der Waals surface area contributed by atoms with Gasteiger partial charge in [0.2, 0.25) is 0 Å². The molecule has 0 fully saturated rings. The van der Waals surface area contributed by atoms with Gasteiger partial charge in [-0.2, -0.15) is 0 Å². The van der Waals surface area contributed by atoms with E-state index in [9.17, 15) is 0 Å². The molecule has 0 spiro atoms. The fourth-order valence-corrected chi connectivity index (χ4v) is 1.48. The van der Waals surface area contributed by atoms with Crippen LogP contribution in [-0.2, 0) is 0 Å². The minimum absolute atomic E-state index is 0.0234. The van der Waals surface area contributed by atoms with Gasteiger partial charge in [-0.05, 0) is 45.6 Å². The molecule has 1 rings (SSSR count). The van der Waals surface area contributed by atoms with E-state index in [1.54, 1.807) is 0 Å². The van der Waals surface area contributed by atoms with Crippen molar-refractivity contribution in [3.05, 3.63) is 34.9 Å². The first-order valence-electron chi connectivity index (χ1n) is 5.04. The zero-order chi connectivity index (χ0) is 11.6. The molecule has 3 heteroatoms. The van der Waals surface area contributed by atoms with Gasteiger partial charge in [-0.1, -0.05) is 23.7 Å². The number of nitrogens with two attached hydrogens (primary N) is 1. The van der Waals surface area contributed by atoms with Gasteiger partial charge in [-0.25, -0.2) is 0 Å². The number of hydrogen-bond acceptors (Lipinski definition) is 2. The van der Waals surface area contributed by atoms with E-state index in [0.717, 1.165) is 10.6 Å². The van der Waals surface area contributed by atoms with Gasteiger partial charge < -0.3 is 10.6 Å². The topological polar surface area (TPSA) is 29.3 Å². The highest BCUT2D eigenvalue weighted by atomic mass is 35.5. The Kier molecular flexibility index (Phi) is 3.77. The molecule has 0 bridgehead atoms. The average Bonchev–Trinajstić information content (AvgIpc) is 2.17. The van der Waals surface area contributed by atoms with Crippen LogP contribution in [0.3, 0.4) is 0 Å². The molecule has 0 aliphatic heterocycles. The number of halogens is 1. The number of hydrogen-bond donors (Lipinski definition) is 1. The molecule has 2 nitrogen and oxygen atoms in total. The largest absolute Gasteiger partial charge is 0.322 e. The molecule has 0 heterocycles. The Labute approximate surface area is 97.0 Å². The highest BCUT2D eigenvalue weighted by Gasteiger charge is 2.29. The second-order valence-corrected chi connectivity index (χ2v) is 5.01. The van der Waals surface area contributed by atoms with Crippen LogP contribution in [0, 0.1) is 0 Å². The average molecular weight is 227 g/mol. The zero-order valence-corrected chi connectivity index (χ0v) is 10.5. The zero-order valence-electron chi connectivity index (χ0n) is 9.79. The second-order valence-electron chi connectivity index (χ2n) is 4.58. The Balaban J connectivity index is 2.94. The number of nitrogens with zero attached hydrogens (tertiary/aromatic N) is 1. The van der Waals surface area contributed by atoms with E-state index in [1.165, 1.54) is 0 Å². The van der Waals surface area contributed by atoms with Crippen molar-refractivity contribution in [2.75, 3.05) is 14.1 Å². The highest BCUT2D eigenvalue weighted by Crippen LogP contribution is 2.27. The van der Waals surface area contributed by atoms with Gasteiger partial charge in [0.05, 0.1) is 0 Å². The summed E-state index contributed by atoms with van der Waals surface area (Å²) in [7, 11) is 4.07. The lowest BCUT2D eigenvalue weighted by Crippen LogP contribution is -2.47. The van der Waals surface area contributed by atoms with Crippen molar-refractivity contribution in [2.24, 2.45) is 5.73 Å². The summed E-state index contributed by atoms with van der Waals surface area (Å²) in [5.74, 6) is 0. The standard InChI is InChI=1S/C12H19ClN2/c1-12(2,15(3)4)11(14)9-5-7-10(13)8-6-9/h5-8,11H,14H2,1-4H3. The molecule has 84 valence electrons. The van der Waals surface area contributed by atoms with Crippen LogP contribution in [0.4, 0.5) is 0 Å². The number of likely N-dealkylation sites (N-methyl/N-ethyl adjacent to an activating group) is 1. The lowest BCUT2D eigenvalue weighted by Gasteiger charge is -2.38. The Hall–Kier alpha value is -0.570. The SMILES string of the molecule is CN(C)C(C)(C)C(N)c1ccc(Cl)cc1. The molecule has 0 saturated heterocycles. The molecule has 0 aliphatic carbocycles. The minimum Gasteiger partial charge on any atom is -0.322 e. The van der Waals surface area contributed by atoms with E-state index in [0.29, 0.717) is 0 Å². The van der Waals surface area contributed by atoms with Crippen molar-refractivity contribution < 1.29 is 0 Å². The van der Waals surface area contributed by atoms with Crippen molar-refractivity contribution in [3.63, 3.8) is 0 Å².